The number of aromatic nitrogens is 1. The average Bonchev–Trinajstić information content (AvgIpc) is 3.22. The summed E-state index contributed by atoms with van der Waals surface area (Å²) in [5.74, 6) is 0.0472. The summed E-state index contributed by atoms with van der Waals surface area (Å²) in [6.07, 6.45) is 1.01. The second kappa shape index (κ2) is 6.24. The summed E-state index contributed by atoms with van der Waals surface area (Å²) in [5.41, 5.74) is 3.50. The van der Waals surface area contributed by atoms with Gasteiger partial charge in [0.05, 0.1) is 16.8 Å². The van der Waals surface area contributed by atoms with E-state index < -0.39 is 0 Å². The Morgan fingerprint density at radius 3 is 2.92 bits per heavy atom. The van der Waals surface area contributed by atoms with E-state index in [9.17, 15) is 4.79 Å². The van der Waals surface area contributed by atoms with Gasteiger partial charge in [-0.15, -0.1) is 11.3 Å². The van der Waals surface area contributed by atoms with Crippen LogP contribution >= 0.6 is 11.3 Å². The van der Waals surface area contributed by atoms with Gasteiger partial charge < -0.3 is 10.2 Å². The molecule has 2 aromatic carbocycles. The van der Waals surface area contributed by atoms with Gasteiger partial charge in [-0.1, -0.05) is 30.3 Å². The first-order valence-electron chi connectivity index (χ1n) is 8.19. The topological polar surface area (TPSA) is 45.2 Å². The van der Waals surface area contributed by atoms with Crippen molar-refractivity contribution < 1.29 is 4.79 Å². The van der Waals surface area contributed by atoms with Gasteiger partial charge in [0.2, 0.25) is 5.91 Å². The minimum absolute atomic E-state index is 0.0472. The van der Waals surface area contributed by atoms with Crippen LogP contribution in [0.3, 0.4) is 0 Å². The molecule has 0 spiro atoms. The Morgan fingerprint density at radius 1 is 1.25 bits per heavy atom. The monoisotopic (exact) mass is 337 g/mol. The van der Waals surface area contributed by atoms with Crippen molar-refractivity contribution in [2.45, 2.75) is 25.9 Å². The molecule has 5 heteroatoms. The molecule has 0 saturated carbocycles. The van der Waals surface area contributed by atoms with Crippen LogP contribution in [0.5, 0.6) is 0 Å². The molecule has 0 radical (unpaired) electrons. The third kappa shape index (κ3) is 2.76. The minimum atomic E-state index is -0.178. The van der Waals surface area contributed by atoms with Crippen molar-refractivity contribution in [1.82, 2.24) is 10.3 Å². The van der Waals surface area contributed by atoms with Crippen LogP contribution < -0.4 is 10.2 Å². The van der Waals surface area contributed by atoms with Crippen LogP contribution in [0.1, 0.15) is 17.5 Å². The Labute approximate surface area is 145 Å². The number of carbonyl (C=O) groups excluding carboxylic acids is 1. The molecule has 122 valence electrons. The highest BCUT2D eigenvalue weighted by Crippen LogP contribution is 2.29. The number of fused-ring (bicyclic) bond motifs is 2. The van der Waals surface area contributed by atoms with Gasteiger partial charge in [0.25, 0.3) is 0 Å². The zero-order valence-electron chi connectivity index (χ0n) is 13.5. The molecule has 0 fully saturated rings. The van der Waals surface area contributed by atoms with Crippen molar-refractivity contribution in [2.75, 3.05) is 11.4 Å². The van der Waals surface area contributed by atoms with E-state index in [1.54, 1.807) is 11.3 Å². The van der Waals surface area contributed by atoms with E-state index >= 15 is 0 Å². The number of carbonyl (C=O) groups is 1. The molecule has 4 rings (SSSR count). The first-order chi connectivity index (χ1) is 11.7. The summed E-state index contributed by atoms with van der Waals surface area (Å²) < 4.78 is 1.16. The van der Waals surface area contributed by atoms with Crippen LogP contribution in [-0.4, -0.2) is 23.5 Å². The summed E-state index contributed by atoms with van der Waals surface area (Å²) >= 11 is 1.63. The number of hydrogen-bond acceptors (Lipinski definition) is 4. The number of nitrogens with one attached hydrogen (secondary N) is 1. The van der Waals surface area contributed by atoms with E-state index in [0.717, 1.165) is 28.2 Å². The van der Waals surface area contributed by atoms with Crippen LogP contribution in [-0.2, 0) is 17.8 Å². The maximum atomic E-state index is 12.6. The van der Waals surface area contributed by atoms with Gasteiger partial charge in [-0.05, 0) is 37.1 Å². The van der Waals surface area contributed by atoms with E-state index in [2.05, 4.69) is 39.5 Å². The Hall–Kier alpha value is -2.40. The van der Waals surface area contributed by atoms with Crippen LogP contribution in [0.4, 0.5) is 5.69 Å². The molecule has 0 bridgehead atoms. The van der Waals surface area contributed by atoms with E-state index in [0.29, 0.717) is 6.54 Å². The van der Waals surface area contributed by atoms with Crippen LogP contribution in [0.15, 0.2) is 48.5 Å². The summed E-state index contributed by atoms with van der Waals surface area (Å²) in [4.78, 5) is 19.3. The molecule has 1 amide bonds. The number of benzene rings is 2. The lowest BCUT2D eigenvalue weighted by molar-refractivity contribution is -0.122. The first kappa shape index (κ1) is 15.1. The van der Waals surface area contributed by atoms with Crippen LogP contribution in [0.25, 0.3) is 10.2 Å². The highest BCUT2D eigenvalue weighted by atomic mass is 32.1. The van der Waals surface area contributed by atoms with E-state index in [1.807, 2.05) is 31.2 Å². The highest BCUT2D eigenvalue weighted by molar-refractivity contribution is 7.18. The predicted octanol–water partition coefficient (Wildman–Crippen LogP) is 3.36. The fraction of sp³-hybridized carbons (Fsp3) is 0.263. The Morgan fingerprint density at radius 2 is 2.04 bits per heavy atom. The first-order valence-corrected chi connectivity index (χ1v) is 9.01. The van der Waals surface area contributed by atoms with E-state index in [1.165, 1.54) is 11.3 Å². The third-order valence-corrected chi connectivity index (χ3v) is 5.56. The zero-order chi connectivity index (χ0) is 16.5. The van der Waals surface area contributed by atoms with Gasteiger partial charge in [0, 0.05) is 12.2 Å². The molecular weight excluding hydrogens is 318 g/mol. The number of rotatable bonds is 4. The summed E-state index contributed by atoms with van der Waals surface area (Å²) in [7, 11) is 0. The quantitative estimate of drug-likeness (QED) is 0.794. The summed E-state index contributed by atoms with van der Waals surface area (Å²) in [6, 6.07) is 16.2. The number of para-hydroxylation sites is 2. The van der Waals surface area contributed by atoms with E-state index in [4.69, 9.17) is 0 Å². The molecule has 0 saturated heterocycles. The molecule has 24 heavy (non-hydrogen) atoms. The van der Waals surface area contributed by atoms with Gasteiger partial charge >= 0.3 is 0 Å². The van der Waals surface area contributed by atoms with Crippen LogP contribution in [0, 0.1) is 0 Å². The fourth-order valence-electron chi connectivity index (χ4n) is 3.21. The highest BCUT2D eigenvalue weighted by Gasteiger charge is 2.27. The molecule has 0 aliphatic carbocycles. The lowest BCUT2D eigenvalue weighted by Gasteiger charge is -2.26. The Balaban J connectivity index is 1.43. The Kier molecular flexibility index (Phi) is 3.94. The SMILES string of the molecule is CC(C(=O)NCc1nc2ccccc2s1)N1CCc2ccccc21. The molecule has 4 nitrogen and oxygen atoms in total. The van der Waals surface area contributed by atoms with Crippen molar-refractivity contribution >= 4 is 33.1 Å². The standard InChI is InChI=1S/C19H19N3OS/c1-13(22-11-10-14-6-2-4-8-16(14)22)19(23)20-12-18-21-15-7-3-5-9-17(15)24-18/h2-9,13H,10-12H2,1H3,(H,20,23). The zero-order valence-corrected chi connectivity index (χ0v) is 14.3. The van der Waals surface area contributed by atoms with Crippen molar-refractivity contribution in [3.05, 3.63) is 59.1 Å². The van der Waals surface area contributed by atoms with Gasteiger partial charge in [-0.25, -0.2) is 4.98 Å². The molecule has 1 unspecified atom stereocenters. The van der Waals surface area contributed by atoms with Crippen LogP contribution in [0.2, 0.25) is 0 Å². The second-order valence-corrected chi connectivity index (χ2v) is 7.16. The maximum absolute atomic E-state index is 12.6. The summed E-state index contributed by atoms with van der Waals surface area (Å²) in [6.45, 7) is 3.35. The fourth-order valence-corrected chi connectivity index (χ4v) is 4.12. The van der Waals surface area contributed by atoms with Crippen molar-refractivity contribution in [3.63, 3.8) is 0 Å². The molecule has 1 atom stereocenters. The number of anilines is 1. The number of nitrogens with zero attached hydrogens (tertiary/aromatic N) is 2. The number of hydrogen-bond donors (Lipinski definition) is 1. The van der Waals surface area contributed by atoms with Crippen molar-refractivity contribution in [3.8, 4) is 0 Å². The Bertz CT molecular complexity index is 856. The lowest BCUT2D eigenvalue weighted by atomic mass is 10.1. The normalized spacial score (nSPS) is 14.6. The summed E-state index contributed by atoms with van der Waals surface area (Å²) in [5, 5.41) is 3.98. The molecule has 2 heterocycles. The third-order valence-electron chi connectivity index (χ3n) is 4.52. The van der Waals surface area contributed by atoms with E-state index in [-0.39, 0.29) is 11.9 Å². The number of amides is 1. The predicted molar refractivity (Wildman–Crippen MR) is 98.4 cm³/mol. The molecule has 3 aromatic rings. The van der Waals surface area contributed by atoms with Gasteiger partial charge in [-0.2, -0.15) is 0 Å². The van der Waals surface area contributed by atoms with Gasteiger partial charge in [-0.3, -0.25) is 4.79 Å². The molecule has 1 aliphatic heterocycles. The second-order valence-electron chi connectivity index (χ2n) is 6.04. The van der Waals surface area contributed by atoms with Gasteiger partial charge in [0.15, 0.2) is 0 Å². The molecular formula is C19H19N3OS. The van der Waals surface area contributed by atoms with Crippen molar-refractivity contribution in [2.24, 2.45) is 0 Å². The smallest absolute Gasteiger partial charge is 0.242 e. The molecule has 1 N–H and O–H groups in total. The largest absolute Gasteiger partial charge is 0.359 e. The number of thiazole rings is 1. The average molecular weight is 337 g/mol. The maximum Gasteiger partial charge on any atom is 0.242 e. The van der Waals surface area contributed by atoms with Gasteiger partial charge in [0.1, 0.15) is 11.0 Å². The molecule has 1 aromatic heterocycles. The minimum Gasteiger partial charge on any atom is -0.359 e. The lowest BCUT2D eigenvalue weighted by Crippen LogP contribution is -2.44. The molecule has 1 aliphatic rings. The van der Waals surface area contributed by atoms with Crippen molar-refractivity contribution in [1.29, 1.82) is 0 Å².